The van der Waals surface area contributed by atoms with Crippen molar-refractivity contribution in [3.63, 3.8) is 0 Å². The molecule has 1 unspecified atom stereocenters. The summed E-state index contributed by atoms with van der Waals surface area (Å²) in [5.41, 5.74) is 0.387. The number of carboxylic acid groups (broad SMARTS) is 1. The van der Waals surface area contributed by atoms with E-state index in [4.69, 9.17) is 5.11 Å². The molecule has 0 aromatic carbocycles. The Hall–Kier alpha value is -1.64. The molecule has 2 rings (SSSR count). The molecule has 1 saturated heterocycles. The highest BCUT2D eigenvalue weighted by Crippen LogP contribution is 2.49. The van der Waals surface area contributed by atoms with Gasteiger partial charge in [-0.15, -0.1) is 0 Å². The predicted octanol–water partition coefficient (Wildman–Crippen LogP) is 4.13. The molecule has 1 heterocycles. The number of aldehydes is 1. The first kappa shape index (κ1) is 32.0. The van der Waals surface area contributed by atoms with Crippen molar-refractivity contribution in [2.24, 2.45) is 11.3 Å². The van der Waals surface area contributed by atoms with E-state index in [0.29, 0.717) is 18.1 Å². The van der Waals surface area contributed by atoms with Crippen molar-refractivity contribution < 1.29 is 32.7 Å². The van der Waals surface area contributed by atoms with E-state index >= 15 is 0 Å². The van der Waals surface area contributed by atoms with Crippen LogP contribution in [-0.2, 0) is 14.4 Å². The van der Waals surface area contributed by atoms with Crippen LogP contribution in [-0.4, -0.2) is 61.0 Å². The zero-order valence-electron chi connectivity index (χ0n) is 18.8. The maximum Gasteiger partial charge on any atom is 0.386 e. The lowest BCUT2D eigenvalue weighted by atomic mass is 9.67. The van der Waals surface area contributed by atoms with Gasteiger partial charge >= 0.3 is 12.1 Å². The fraction of sp³-hybridized carbons (Fsp3) is 0.850. The van der Waals surface area contributed by atoms with E-state index in [1.54, 1.807) is 0 Å². The summed E-state index contributed by atoms with van der Waals surface area (Å²) in [7, 11) is 1.92. The van der Waals surface area contributed by atoms with Gasteiger partial charge in [0.05, 0.1) is 6.54 Å². The second-order valence-corrected chi connectivity index (χ2v) is 7.53. The summed E-state index contributed by atoms with van der Waals surface area (Å²) >= 11 is 0. The number of nitrogens with zero attached hydrogens (tertiary/aromatic N) is 1. The van der Waals surface area contributed by atoms with Crippen LogP contribution in [0.3, 0.4) is 0 Å². The third kappa shape index (κ3) is 20.9. The Labute approximate surface area is 173 Å². The number of alkyl halides is 3. The van der Waals surface area contributed by atoms with Crippen molar-refractivity contribution in [3.05, 3.63) is 0 Å². The van der Waals surface area contributed by atoms with Crippen LogP contribution in [0.1, 0.15) is 67.2 Å². The Kier molecular flexibility index (Phi) is 19.0. The monoisotopic (exact) mass is 428 g/mol. The molecule has 0 bridgehead atoms. The van der Waals surface area contributed by atoms with Crippen molar-refractivity contribution in [1.82, 2.24) is 10.2 Å². The van der Waals surface area contributed by atoms with Gasteiger partial charge in [0.25, 0.3) is 0 Å². The second-order valence-electron chi connectivity index (χ2n) is 7.53. The van der Waals surface area contributed by atoms with Crippen LogP contribution in [0.15, 0.2) is 0 Å². The van der Waals surface area contributed by atoms with Crippen LogP contribution < -0.4 is 5.32 Å². The average Bonchev–Trinajstić information content (AvgIpc) is 2.92. The number of carbonyl (C=O) groups is 3. The summed E-state index contributed by atoms with van der Waals surface area (Å²) in [4.78, 5) is 31.4. The average molecular weight is 429 g/mol. The van der Waals surface area contributed by atoms with Gasteiger partial charge in [-0.25, -0.2) is 0 Å². The van der Waals surface area contributed by atoms with Crippen LogP contribution >= 0.6 is 0 Å². The van der Waals surface area contributed by atoms with Crippen molar-refractivity contribution in [3.8, 4) is 0 Å². The Balaban J connectivity index is -0.000000340. The number of hydrogen-bond acceptors (Lipinski definition) is 4. The fourth-order valence-electron chi connectivity index (χ4n) is 2.68. The molecule has 6 nitrogen and oxygen atoms in total. The minimum Gasteiger partial charge on any atom is -0.480 e. The highest BCUT2D eigenvalue weighted by Gasteiger charge is 2.48. The molecule has 0 aromatic heterocycles. The number of hydrogen-bond donors (Lipinski definition) is 2. The molecule has 1 spiro atoms. The van der Waals surface area contributed by atoms with Crippen LogP contribution in [0.4, 0.5) is 13.2 Å². The highest BCUT2D eigenvalue weighted by molar-refractivity contribution is 5.74. The molecule has 1 amide bonds. The second kappa shape index (κ2) is 17.2. The van der Waals surface area contributed by atoms with Crippen molar-refractivity contribution in [1.29, 1.82) is 0 Å². The predicted molar refractivity (Wildman–Crippen MR) is 109 cm³/mol. The molecular formula is C20H39F3N2O4. The number of likely N-dealkylation sites (N-methyl/N-ethyl adjacent to an activating group) is 1. The number of aliphatic carboxylic acids is 1. The van der Waals surface area contributed by atoms with E-state index < -0.39 is 12.1 Å². The van der Waals surface area contributed by atoms with E-state index in [9.17, 15) is 27.6 Å². The first-order chi connectivity index (χ1) is 13.3. The van der Waals surface area contributed by atoms with Gasteiger partial charge in [-0.2, -0.15) is 13.2 Å². The molecule has 174 valence electrons. The first-order valence-electron chi connectivity index (χ1n) is 9.88. The van der Waals surface area contributed by atoms with Crippen molar-refractivity contribution in [2.45, 2.75) is 79.4 Å². The molecule has 1 atom stereocenters. The number of likely N-dealkylation sites (tertiary alicyclic amines) is 1. The van der Waals surface area contributed by atoms with E-state index in [0.717, 1.165) is 18.9 Å². The quantitative estimate of drug-likeness (QED) is 0.519. The minimum absolute atomic E-state index is 0.115. The van der Waals surface area contributed by atoms with Gasteiger partial charge < -0.3 is 15.2 Å². The van der Waals surface area contributed by atoms with E-state index in [1.165, 1.54) is 19.3 Å². The molecule has 29 heavy (non-hydrogen) atoms. The molecule has 2 N–H and O–H groups in total. The number of nitrogens with one attached hydrogen (secondary N) is 1. The SMILES string of the molecule is CC.CC(C)C.CC(F)(F)F.CN1CC2(CCC2)CC1C(=O)O.O=CCNC=O. The number of carboxylic acids is 1. The molecule has 0 aromatic rings. The number of carbonyl (C=O) groups excluding carboxylic acids is 2. The van der Waals surface area contributed by atoms with Gasteiger partial charge in [-0.05, 0) is 37.6 Å². The topological polar surface area (TPSA) is 86.7 Å². The third-order valence-corrected chi connectivity index (χ3v) is 3.73. The van der Waals surface area contributed by atoms with Crippen LogP contribution in [0.5, 0.6) is 0 Å². The third-order valence-electron chi connectivity index (χ3n) is 3.73. The summed E-state index contributed by atoms with van der Waals surface area (Å²) in [6.07, 6.45) is 1.74. The molecule has 2 fully saturated rings. The maximum absolute atomic E-state index is 10.8. The Morgan fingerprint density at radius 2 is 1.66 bits per heavy atom. The summed E-state index contributed by atoms with van der Waals surface area (Å²) in [5, 5.41) is 11.0. The Morgan fingerprint density at radius 1 is 1.24 bits per heavy atom. The van der Waals surface area contributed by atoms with Gasteiger partial charge in [0.15, 0.2) is 0 Å². The summed E-state index contributed by atoms with van der Waals surface area (Å²) in [6.45, 7) is 11.8. The van der Waals surface area contributed by atoms with Gasteiger partial charge in [0.2, 0.25) is 6.41 Å². The maximum atomic E-state index is 10.8. The van der Waals surface area contributed by atoms with E-state index in [2.05, 4.69) is 26.1 Å². The number of halogens is 3. The van der Waals surface area contributed by atoms with Gasteiger partial charge in [0.1, 0.15) is 12.3 Å². The Bertz CT molecular complexity index is 423. The summed E-state index contributed by atoms with van der Waals surface area (Å²) in [5.74, 6) is 0.182. The molecule has 1 saturated carbocycles. The lowest BCUT2D eigenvalue weighted by Crippen LogP contribution is -2.33. The lowest BCUT2D eigenvalue weighted by molar-refractivity contribution is -0.141. The van der Waals surface area contributed by atoms with E-state index in [1.807, 2.05) is 25.8 Å². The molecule has 1 aliphatic carbocycles. The highest BCUT2D eigenvalue weighted by atomic mass is 19.4. The van der Waals surface area contributed by atoms with Gasteiger partial charge in [-0.3, -0.25) is 14.5 Å². The zero-order chi connectivity index (χ0) is 23.7. The molecule has 0 radical (unpaired) electrons. The van der Waals surface area contributed by atoms with E-state index in [-0.39, 0.29) is 19.5 Å². The van der Waals surface area contributed by atoms with Crippen molar-refractivity contribution in [2.75, 3.05) is 20.1 Å². The standard InChI is InChI=1S/C9H15NO2.C4H10.C3H5NO2.C2H3F3.C2H6/c1-10-6-9(3-2-4-9)5-7(10)8(11)12;1-4(2)3;5-2-1-4-3-6;1-2(3,4)5;1-2/h7H,2-6H2,1H3,(H,11,12);4H,1-3H3;2-3H,1H2,(H,4,6);1H3;1-2H3. The summed E-state index contributed by atoms with van der Waals surface area (Å²) < 4.78 is 31.1. The minimum atomic E-state index is -4.00. The number of rotatable bonds is 4. The van der Waals surface area contributed by atoms with Gasteiger partial charge in [0, 0.05) is 13.5 Å². The fourth-order valence-corrected chi connectivity index (χ4v) is 2.68. The van der Waals surface area contributed by atoms with Crippen LogP contribution in [0.25, 0.3) is 0 Å². The van der Waals surface area contributed by atoms with Gasteiger partial charge in [-0.1, -0.05) is 41.0 Å². The summed E-state index contributed by atoms with van der Waals surface area (Å²) in [6, 6.07) is -0.217. The normalized spacial score (nSPS) is 18.8. The molecule has 2 aliphatic rings. The number of amides is 1. The smallest absolute Gasteiger partial charge is 0.386 e. The van der Waals surface area contributed by atoms with Crippen LogP contribution in [0.2, 0.25) is 0 Å². The first-order valence-corrected chi connectivity index (χ1v) is 9.88. The van der Waals surface area contributed by atoms with Crippen LogP contribution in [0, 0.1) is 11.3 Å². The molecule has 1 aliphatic heterocycles. The van der Waals surface area contributed by atoms with Crippen molar-refractivity contribution >= 4 is 18.7 Å². The lowest BCUT2D eigenvalue weighted by Gasteiger charge is -2.37. The molecular weight excluding hydrogens is 389 g/mol. The largest absolute Gasteiger partial charge is 0.480 e. The Morgan fingerprint density at radius 3 is 1.79 bits per heavy atom. The molecule has 9 heteroatoms. The zero-order valence-corrected chi connectivity index (χ0v) is 18.8.